The van der Waals surface area contributed by atoms with Gasteiger partial charge in [-0.25, -0.2) is 0 Å². The number of rotatable bonds is 7. The summed E-state index contributed by atoms with van der Waals surface area (Å²) >= 11 is 0. The summed E-state index contributed by atoms with van der Waals surface area (Å²) in [5, 5.41) is 6.74. The number of aliphatic imine (C=N–C) groups is 1. The Labute approximate surface area is 163 Å². The maximum absolute atomic E-state index is 5.63. The third-order valence-corrected chi connectivity index (χ3v) is 4.26. The van der Waals surface area contributed by atoms with Crippen LogP contribution in [-0.4, -0.2) is 51.9 Å². The molecule has 0 aliphatic carbocycles. The summed E-state index contributed by atoms with van der Waals surface area (Å²) in [6.07, 6.45) is 2.63. The first-order chi connectivity index (χ1) is 11.2. The molecule has 0 saturated carbocycles. The second kappa shape index (κ2) is 11.5. The Kier molecular flexibility index (Phi) is 10.1. The minimum Gasteiger partial charge on any atom is -0.376 e. The van der Waals surface area contributed by atoms with E-state index in [1.165, 1.54) is 17.7 Å². The first-order valence-electron chi connectivity index (χ1n) is 8.61. The highest BCUT2D eigenvalue weighted by atomic mass is 127. The number of hydrogen-bond acceptors (Lipinski definition) is 3. The summed E-state index contributed by atoms with van der Waals surface area (Å²) in [7, 11) is 1.81. The van der Waals surface area contributed by atoms with Crippen molar-refractivity contribution < 1.29 is 4.74 Å². The van der Waals surface area contributed by atoms with Crippen molar-refractivity contribution in [3.05, 3.63) is 29.8 Å². The molecule has 2 N–H and O–H groups in total. The molecule has 1 saturated heterocycles. The minimum atomic E-state index is 0. The number of anilines is 1. The van der Waals surface area contributed by atoms with E-state index < -0.39 is 0 Å². The van der Waals surface area contributed by atoms with Gasteiger partial charge in [-0.1, -0.05) is 18.2 Å². The smallest absolute Gasteiger partial charge is 0.191 e. The number of nitrogens with one attached hydrogen (secondary N) is 2. The zero-order chi connectivity index (χ0) is 16.5. The van der Waals surface area contributed by atoms with Gasteiger partial charge in [-0.05, 0) is 38.3 Å². The van der Waals surface area contributed by atoms with Gasteiger partial charge >= 0.3 is 0 Å². The van der Waals surface area contributed by atoms with E-state index in [2.05, 4.69) is 58.6 Å². The van der Waals surface area contributed by atoms with Gasteiger partial charge in [-0.15, -0.1) is 24.0 Å². The number of benzene rings is 1. The number of halogens is 1. The Balaban J connectivity index is 0.00000288. The molecule has 1 heterocycles. The van der Waals surface area contributed by atoms with Crippen LogP contribution in [0.4, 0.5) is 5.69 Å². The zero-order valence-electron chi connectivity index (χ0n) is 15.0. The van der Waals surface area contributed by atoms with Gasteiger partial charge < -0.3 is 20.3 Å². The predicted molar refractivity (Wildman–Crippen MR) is 113 cm³/mol. The Morgan fingerprint density at radius 3 is 2.75 bits per heavy atom. The van der Waals surface area contributed by atoms with Crippen LogP contribution in [0.3, 0.4) is 0 Å². The van der Waals surface area contributed by atoms with Crippen molar-refractivity contribution in [2.45, 2.75) is 32.8 Å². The van der Waals surface area contributed by atoms with Crippen LogP contribution in [0.1, 0.15) is 25.3 Å². The molecule has 1 aliphatic heterocycles. The second-order valence-corrected chi connectivity index (χ2v) is 5.88. The van der Waals surface area contributed by atoms with E-state index >= 15 is 0 Å². The Morgan fingerprint density at radius 1 is 1.33 bits per heavy atom. The number of likely N-dealkylation sites (N-methyl/N-ethyl adjacent to an activating group) is 1. The molecule has 0 spiro atoms. The lowest BCUT2D eigenvalue weighted by atomic mass is 10.2. The molecule has 0 amide bonds. The average molecular weight is 446 g/mol. The van der Waals surface area contributed by atoms with Gasteiger partial charge in [0.25, 0.3) is 0 Å². The summed E-state index contributed by atoms with van der Waals surface area (Å²) < 4.78 is 5.63. The Morgan fingerprint density at radius 2 is 2.12 bits per heavy atom. The van der Waals surface area contributed by atoms with E-state index in [4.69, 9.17) is 4.74 Å². The number of hydrogen-bond donors (Lipinski definition) is 2. The summed E-state index contributed by atoms with van der Waals surface area (Å²) in [4.78, 5) is 6.67. The standard InChI is InChI=1S/C18H30N4O.HI/c1-4-22(17-10-6-5-8-15(17)2)12-11-20-18(19-3)21-14-16-9-7-13-23-16;/h5-6,8,10,16H,4,7,9,11-14H2,1-3H3,(H2,19,20,21);1H. The quantitative estimate of drug-likeness (QED) is 0.384. The van der Waals surface area contributed by atoms with E-state index in [9.17, 15) is 0 Å². The van der Waals surface area contributed by atoms with Crippen molar-refractivity contribution in [2.24, 2.45) is 4.99 Å². The van der Waals surface area contributed by atoms with Crippen molar-refractivity contribution >= 4 is 35.6 Å². The predicted octanol–water partition coefficient (Wildman–Crippen LogP) is 2.78. The van der Waals surface area contributed by atoms with Gasteiger partial charge in [0.15, 0.2) is 5.96 Å². The monoisotopic (exact) mass is 446 g/mol. The van der Waals surface area contributed by atoms with Gasteiger partial charge in [-0.2, -0.15) is 0 Å². The molecule has 1 atom stereocenters. The molecular formula is C18H31IN4O. The van der Waals surface area contributed by atoms with Crippen LogP contribution in [0.2, 0.25) is 0 Å². The molecule has 5 nitrogen and oxygen atoms in total. The molecule has 136 valence electrons. The average Bonchev–Trinajstić information content (AvgIpc) is 3.09. The van der Waals surface area contributed by atoms with Gasteiger partial charge in [-0.3, -0.25) is 4.99 Å². The molecule has 0 bridgehead atoms. The first-order valence-corrected chi connectivity index (χ1v) is 8.61. The number of ether oxygens (including phenoxy) is 1. The van der Waals surface area contributed by atoms with E-state index in [0.29, 0.717) is 6.10 Å². The van der Waals surface area contributed by atoms with Crippen LogP contribution in [-0.2, 0) is 4.74 Å². The number of para-hydroxylation sites is 1. The van der Waals surface area contributed by atoms with Crippen molar-refractivity contribution in [2.75, 3.05) is 44.7 Å². The third-order valence-electron chi connectivity index (χ3n) is 4.26. The molecule has 1 aromatic carbocycles. The summed E-state index contributed by atoms with van der Waals surface area (Å²) in [6.45, 7) is 8.86. The molecule has 1 unspecified atom stereocenters. The second-order valence-electron chi connectivity index (χ2n) is 5.88. The lowest BCUT2D eigenvalue weighted by Crippen LogP contribution is -2.44. The molecule has 1 aliphatic rings. The SMILES string of the molecule is CCN(CCNC(=NC)NCC1CCCO1)c1ccccc1C.I. The third kappa shape index (κ3) is 6.47. The van der Waals surface area contributed by atoms with Crippen molar-refractivity contribution in [1.29, 1.82) is 0 Å². The van der Waals surface area contributed by atoms with E-state index in [1.54, 1.807) is 0 Å². The summed E-state index contributed by atoms with van der Waals surface area (Å²) in [5.41, 5.74) is 2.62. The number of guanidine groups is 1. The number of aryl methyl sites for hydroxylation is 1. The molecule has 0 aromatic heterocycles. The van der Waals surface area contributed by atoms with Crippen LogP contribution in [0.25, 0.3) is 0 Å². The normalized spacial score (nSPS) is 17.3. The van der Waals surface area contributed by atoms with Gasteiger partial charge in [0, 0.05) is 45.5 Å². The highest BCUT2D eigenvalue weighted by molar-refractivity contribution is 14.0. The molecule has 24 heavy (non-hydrogen) atoms. The molecule has 0 radical (unpaired) electrons. The van der Waals surface area contributed by atoms with E-state index in [0.717, 1.165) is 45.2 Å². The van der Waals surface area contributed by atoms with Crippen molar-refractivity contribution in [1.82, 2.24) is 10.6 Å². The molecule has 1 fully saturated rings. The highest BCUT2D eigenvalue weighted by Gasteiger charge is 2.15. The molecule has 6 heteroatoms. The molecule has 1 aromatic rings. The largest absolute Gasteiger partial charge is 0.376 e. The first kappa shape index (κ1) is 21.0. The fraction of sp³-hybridized carbons (Fsp3) is 0.611. The highest BCUT2D eigenvalue weighted by Crippen LogP contribution is 2.18. The zero-order valence-corrected chi connectivity index (χ0v) is 17.4. The van der Waals surface area contributed by atoms with Crippen LogP contribution in [0.5, 0.6) is 0 Å². The van der Waals surface area contributed by atoms with Gasteiger partial charge in [0.1, 0.15) is 0 Å². The summed E-state index contributed by atoms with van der Waals surface area (Å²) in [5.74, 6) is 0.848. The fourth-order valence-electron chi connectivity index (χ4n) is 2.91. The van der Waals surface area contributed by atoms with Crippen LogP contribution in [0.15, 0.2) is 29.3 Å². The topological polar surface area (TPSA) is 48.9 Å². The van der Waals surface area contributed by atoms with Gasteiger partial charge in [0.2, 0.25) is 0 Å². The lowest BCUT2D eigenvalue weighted by Gasteiger charge is -2.25. The Bertz CT molecular complexity index is 504. The maximum Gasteiger partial charge on any atom is 0.191 e. The van der Waals surface area contributed by atoms with Crippen LogP contribution < -0.4 is 15.5 Å². The molecule has 2 rings (SSSR count). The maximum atomic E-state index is 5.63. The van der Waals surface area contributed by atoms with Crippen LogP contribution in [0, 0.1) is 6.92 Å². The number of nitrogens with zero attached hydrogens (tertiary/aromatic N) is 2. The van der Waals surface area contributed by atoms with Crippen molar-refractivity contribution in [3.63, 3.8) is 0 Å². The minimum absolute atomic E-state index is 0. The lowest BCUT2D eigenvalue weighted by molar-refractivity contribution is 0.114. The summed E-state index contributed by atoms with van der Waals surface area (Å²) in [6, 6.07) is 8.53. The van der Waals surface area contributed by atoms with Gasteiger partial charge in [0.05, 0.1) is 6.10 Å². The van der Waals surface area contributed by atoms with E-state index in [1.807, 2.05) is 7.05 Å². The van der Waals surface area contributed by atoms with Crippen LogP contribution >= 0.6 is 24.0 Å². The van der Waals surface area contributed by atoms with E-state index in [-0.39, 0.29) is 24.0 Å². The fourth-order valence-corrected chi connectivity index (χ4v) is 2.91. The molecular weight excluding hydrogens is 415 g/mol. The van der Waals surface area contributed by atoms with Crippen molar-refractivity contribution in [3.8, 4) is 0 Å². The Hall–Kier alpha value is -1.02.